The zero-order chi connectivity index (χ0) is 31.0. The highest BCUT2D eigenvalue weighted by atomic mass is 16.7. The van der Waals surface area contributed by atoms with E-state index in [4.69, 9.17) is 19.9 Å². The van der Waals surface area contributed by atoms with Crippen LogP contribution in [0.4, 0.5) is 5.69 Å². The molecule has 2 aromatic rings. The summed E-state index contributed by atoms with van der Waals surface area (Å²) < 4.78 is 19.5. The number of hydrogen-bond acceptors (Lipinski definition) is 8. The predicted molar refractivity (Wildman–Crippen MR) is 163 cm³/mol. The molecule has 0 bridgehead atoms. The second-order valence-electron chi connectivity index (χ2n) is 14.0. The number of ether oxygens (including phenoxy) is 3. The number of carbonyl (C=O) groups excluding carboxylic acids is 2. The fourth-order valence-electron chi connectivity index (χ4n) is 9.68. The molecule has 8 heteroatoms. The molecule has 4 fully saturated rings. The SMILES string of the molecule is Cc1cc(OCc2cccc(N)c2)cc([C@H]2O[C@@H]3C[C@H]4[C@@H]5CCC6=CC(=O)C=C[C@]6(C)[C@H]5[C@@H](O)C[C@]4(C)[C@]3(C(=O)CO)O2)c1. The Morgan fingerprint density at radius 1 is 1.18 bits per heavy atom. The van der Waals surface area contributed by atoms with Gasteiger partial charge in [-0.2, -0.15) is 0 Å². The van der Waals surface area contributed by atoms with Crippen LogP contribution in [0, 0.1) is 35.5 Å². The van der Waals surface area contributed by atoms with Gasteiger partial charge >= 0.3 is 0 Å². The van der Waals surface area contributed by atoms with Crippen LogP contribution in [-0.4, -0.2) is 46.2 Å². The van der Waals surface area contributed by atoms with Gasteiger partial charge in [0.2, 0.25) is 0 Å². The Kier molecular flexibility index (Phi) is 6.94. The zero-order valence-corrected chi connectivity index (χ0v) is 25.5. The number of nitrogens with two attached hydrogens (primary N) is 1. The van der Waals surface area contributed by atoms with Crippen molar-refractivity contribution in [2.75, 3.05) is 12.3 Å². The van der Waals surface area contributed by atoms with Crippen LogP contribution in [0.2, 0.25) is 0 Å². The number of benzene rings is 2. The largest absolute Gasteiger partial charge is 0.489 e. The maximum Gasteiger partial charge on any atom is 0.193 e. The summed E-state index contributed by atoms with van der Waals surface area (Å²) in [6.07, 6.45) is 5.73. The molecule has 8 nitrogen and oxygen atoms in total. The summed E-state index contributed by atoms with van der Waals surface area (Å²) >= 11 is 0. The topological polar surface area (TPSA) is 128 Å². The van der Waals surface area contributed by atoms with Gasteiger partial charge in [0.1, 0.15) is 19.0 Å². The molecule has 0 amide bonds. The van der Waals surface area contributed by atoms with Crippen molar-refractivity contribution in [2.45, 2.75) is 77.2 Å². The molecule has 4 aliphatic carbocycles. The molecular weight excluding hydrogens is 558 g/mol. The zero-order valence-electron chi connectivity index (χ0n) is 25.5. The first-order valence-corrected chi connectivity index (χ1v) is 15.7. The van der Waals surface area contributed by atoms with Gasteiger partial charge in [-0.05, 0) is 92.0 Å². The van der Waals surface area contributed by atoms with Crippen LogP contribution < -0.4 is 10.5 Å². The van der Waals surface area contributed by atoms with Crippen LogP contribution in [0.1, 0.15) is 62.5 Å². The lowest BCUT2D eigenvalue weighted by Gasteiger charge is -2.59. The molecule has 1 heterocycles. The summed E-state index contributed by atoms with van der Waals surface area (Å²) in [7, 11) is 0. The molecule has 9 atom stereocenters. The first-order chi connectivity index (χ1) is 21.0. The van der Waals surface area contributed by atoms with E-state index in [1.165, 1.54) is 0 Å². The van der Waals surface area contributed by atoms with Gasteiger partial charge in [0.15, 0.2) is 23.5 Å². The van der Waals surface area contributed by atoms with Crippen LogP contribution in [0.15, 0.2) is 66.3 Å². The number of aryl methyl sites for hydroxylation is 1. The van der Waals surface area contributed by atoms with E-state index in [2.05, 4.69) is 6.92 Å². The molecule has 2 aromatic carbocycles. The number of Topliss-reactive ketones (excluding diaryl/α,β-unsaturated/α-hetero) is 1. The molecular formula is C36H41NO7. The Hall–Kier alpha value is -3.30. The monoisotopic (exact) mass is 599 g/mol. The Labute approximate surface area is 257 Å². The molecule has 44 heavy (non-hydrogen) atoms. The van der Waals surface area contributed by atoms with Gasteiger partial charge in [-0.3, -0.25) is 9.59 Å². The number of fused-ring (bicyclic) bond motifs is 7. The van der Waals surface area contributed by atoms with Gasteiger partial charge in [-0.1, -0.05) is 43.7 Å². The van der Waals surface area contributed by atoms with E-state index < -0.39 is 47.3 Å². The maximum absolute atomic E-state index is 13.8. The quantitative estimate of drug-likeness (QED) is 0.406. The Morgan fingerprint density at radius 3 is 2.77 bits per heavy atom. The summed E-state index contributed by atoms with van der Waals surface area (Å²) in [6.45, 7) is 5.81. The van der Waals surface area contributed by atoms with E-state index in [9.17, 15) is 19.8 Å². The van der Waals surface area contributed by atoms with E-state index in [0.29, 0.717) is 30.9 Å². The highest BCUT2D eigenvalue weighted by molar-refractivity contribution is 6.01. The van der Waals surface area contributed by atoms with Crippen LogP contribution >= 0.6 is 0 Å². The first-order valence-electron chi connectivity index (χ1n) is 15.7. The predicted octanol–water partition coefficient (Wildman–Crippen LogP) is 4.76. The summed E-state index contributed by atoms with van der Waals surface area (Å²) in [5, 5.41) is 22.1. The fraction of sp³-hybridized carbons (Fsp3) is 0.500. The molecule has 0 aromatic heterocycles. The number of aliphatic hydroxyl groups is 2. The van der Waals surface area contributed by atoms with E-state index in [-0.39, 0.29) is 23.5 Å². The Morgan fingerprint density at radius 2 is 2.00 bits per heavy atom. The minimum atomic E-state index is -1.40. The van der Waals surface area contributed by atoms with Crippen LogP contribution in [-0.2, 0) is 25.7 Å². The number of hydrogen-bond donors (Lipinski definition) is 3. The average molecular weight is 600 g/mol. The average Bonchev–Trinajstić information content (AvgIpc) is 3.49. The molecule has 0 unspecified atom stereocenters. The van der Waals surface area contributed by atoms with Gasteiger partial charge in [0.25, 0.3) is 0 Å². The molecule has 0 spiro atoms. The second kappa shape index (κ2) is 10.4. The molecule has 5 aliphatic rings. The van der Waals surface area contributed by atoms with Gasteiger partial charge in [-0.25, -0.2) is 0 Å². The number of allylic oxidation sites excluding steroid dienone is 4. The molecule has 4 N–H and O–H groups in total. The smallest absolute Gasteiger partial charge is 0.193 e. The van der Waals surface area contributed by atoms with E-state index in [1.54, 1.807) is 12.2 Å². The highest BCUT2D eigenvalue weighted by Gasteiger charge is 2.75. The number of carbonyl (C=O) groups is 2. The van der Waals surface area contributed by atoms with Crippen molar-refractivity contribution in [1.29, 1.82) is 0 Å². The molecule has 1 saturated heterocycles. The molecule has 7 rings (SSSR count). The van der Waals surface area contributed by atoms with Gasteiger partial charge < -0.3 is 30.2 Å². The number of aliphatic hydroxyl groups excluding tert-OH is 2. The number of anilines is 1. The summed E-state index contributed by atoms with van der Waals surface area (Å²) in [5.41, 5.74) is 7.74. The standard InChI is InChI=1S/C36H41NO7/c1-20-11-22(14-26(12-20)42-19-21-5-4-6-24(37)13-21)33-43-31-16-28-27-8-7-23-15-25(39)9-10-34(23,2)32(27)29(40)17-35(28,3)36(31,44-33)30(41)18-38/h4-6,9-15,27-29,31-33,38,40H,7-8,16-19,37H2,1-3H3/t27-,28-,29-,31+,32+,33-,34-,35-,36+/m0/s1. The van der Waals surface area contributed by atoms with Crippen molar-refractivity contribution in [2.24, 2.45) is 28.6 Å². The van der Waals surface area contributed by atoms with Crippen LogP contribution in [0.5, 0.6) is 5.75 Å². The van der Waals surface area contributed by atoms with Crippen molar-refractivity contribution in [3.8, 4) is 5.75 Å². The Bertz CT molecular complexity index is 1580. The van der Waals surface area contributed by atoms with Crippen molar-refractivity contribution < 1.29 is 34.0 Å². The first kappa shape index (κ1) is 29.4. The lowest BCUT2D eigenvalue weighted by molar-refractivity contribution is -0.201. The molecule has 0 radical (unpaired) electrons. The van der Waals surface area contributed by atoms with Crippen LogP contribution in [0.3, 0.4) is 0 Å². The number of nitrogen functional groups attached to an aromatic ring is 1. The normalized spacial score (nSPS) is 38.8. The highest BCUT2D eigenvalue weighted by Crippen LogP contribution is 2.70. The van der Waals surface area contributed by atoms with Gasteiger partial charge in [-0.15, -0.1) is 0 Å². The lowest BCUT2D eigenvalue weighted by atomic mass is 9.46. The fourth-order valence-corrected chi connectivity index (χ4v) is 9.68. The van der Waals surface area contributed by atoms with E-state index in [1.807, 2.05) is 62.4 Å². The molecule has 232 valence electrons. The summed E-state index contributed by atoms with van der Waals surface area (Å²) in [4.78, 5) is 26.0. The summed E-state index contributed by atoms with van der Waals surface area (Å²) in [5.74, 6) is 0.296. The Balaban J connectivity index is 1.19. The van der Waals surface area contributed by atoms with E-state index in [0.717, 1.165) is 35.1 Å². The molecule has 3 saturated carbocycles. The van der Waals surface area contributed by atoms with Crippen molar-refractivity contribution in [1.82, 2.24) is 0 Å². The third kappa shape index (κ3) is 4.25. The minimum absolute atomic E-state index is 0.00346. The van der Waals surface area contributed by atoms with Gasteiger partial charge in [0.05, 0.1) is 12.2 Å². The summed E-state index contributed by atoms with van der Waals surface area (Å²) in [6, 6.07) is 13.3. The lowest BCUT2D eigenvalue weighted by Crippen LogP contribution is -2.63. The van der Waals surface area contributed by atoms with Crippen LogP contribution in [0.25, 0.3) is 0 Å². The van der Waals surface area contributed by atoms with Gasteiger partial charge in [0, 0.05) is 28.0 Å². The third-order valence-corrected chi connectivity index (χ3v) is 11.5. The molecule has 1 aliphatic heterocycles. The maximum atomic E-state index is 13.8. The third-order valence-electron chi connectivity index (χ3n) is 11.5. The van der Waals surface area contributed by atoms with Crippen molar-refractivity contribution in [3.05, 3.63) is 83.0 Å². The number of rotatable bonds is 6. The van der Waals surface area contributed by atoms with Crippen molar-refractivity contribution >= 4 is 17.3 Å². The second-order valence-corrected chi connectivity index (χ2v) is 14.0. The van der Waals surface area contributed by atoms with E-state index >= 15 is 0 Å². The van der Waals surface area contributed by atoms with Crippen molar-refractivity contribution in [3.63, 3.8) is 0 Å². The number of ketones is 2. The minimum Gasteiger partial charge on any atom is -0.489 e.